The minimum atomic E-state index is -0.244. The van der Waals surface area contributed by atoms with E-state index >= 15 is 0 Å². The molecule has 1 aromatic heterocycles. The highest BCUT2D eigenvalue weighted by molar-refractivity contribution is 5.79. The van der Waals surface area contributed by atoms with Crippen LogP contribution in [0.4, 0.5) is 4.39 Å². The zero-order chi connectivity index (χ0) is 14.9. The molecule has 0 N–H and O–H groups in total. The zero-order valence-corrected chi connectivity index (χ0v) is 12.5. The molecule has 0 aliphatic carbocycles. The third kappa shape index (κ3) is 2.67. The van der Waals surface area contributed by atoms with Gasteiger partial charge in [-0.25, -0.2) is 4.39 Å². The van der Waals surface area contributed by atoms with E-state index in [-0.39, 0.29) is 17.3 Å². The van der Waals surface area contributed by atoms with Crippen LogP contribution in [0.5, 0.6) is 0 Å². The van der Waals surface area contributed by atoms with Crippen molar-refractivity contribution < 1.29 is 9.18 Å². The fraction of sp³-hybridized carbons (Fsp3) is 0.625. The molecular weight excluding hydrogens is 269 g/mol. The van der Waals surface area contributed by atoms with E-state index in [9.17, 15) is 9.18 Å². The molecule has 0 radical (unpaired) electrons. The molecule has 0 saturated carbocycles. The molecule has 1 spiro atoms. The van der Waals surface area contributed by atoms with E-state index in [1.165, 1.54) is 6.20 Å². The van der Waals surface area contributed by atoms with Crippen molar-refractivity contribution in [3.05, 3.63) is 29.8 Å². The minimum absolute atomic E-state index is 0.0202. The van der Waals surface area contributed by atoms with Crippen LogP contribution in [0, 0.1) is 5.82 Å². The maximum Gasteiger partial charge on any atom is 0.223 e. The molecule has 2 aliphatic heterocycles. The molecule has 4 nitrogen and oxygen atoms in total. The van der Waals surface area contributed by atoms with Gasteiger partial charge in [-0.1, -0.05) is 0 Å². The number of hydrogen-bond donors (Lipinski definition) is 0. The van der Waals surface area contributed by atoms with E-state index in [0.717, 1.165) is 38.9 Å². The Bertz CT molecular complexity index is 536. The Kier molecular flexibility index (Phi) is 3.93. The molecule has 0 bridgehead atoms. The number of hydrogen-bond acceptors (Lipinski definition) is 3. The van der Waals surface area contributed by atoms with Crippen molar-refractivity contribution in [1.29, 1.82) is 0 Å². The first-order valence-corrected chi connectivity index (χ1v) is 7.76. The van der Waals surface area contributed by atoms with Crippen LogP contribution in [0.1, 0.15) is 38.2 Å². The number of rotatable bonds is 3. The van der Waals surface area contributed by atoms with Crippen LogP contribution in [-0.2, 0) is 11.3 Å². The summed E-state index contributed by atoms with van der Waals surface area (Å²) in [5.74, 6) is 0.0291. The Balaban J connectivity index is 1.74. The van der Waals surface area contributed by atoms with E-state index in [0.29, 0.717) is 18.5 Å². The number of nitrogens with zero attached hydrogens (tertiary/aromatic N) is 3. The van der Waals surface area contributed by atoms with Gasteiger partial charge in [0.25, 0.3) is 0 Å². The number of likely N-dealkylation sites (tertiary alicyclic amines) is 2. The highest BCUT2D eigenvalue weighted by Gasteiger charge is 2.46. The van der Waals surface area contributed by atoms with Crippen LogP contribution in [0.25, 0.3) is 0 Å². The van der Waals surface area contributed by atoms with Gasteiger partial charge in [0.2, 0.25) is 5.91 Å². The Morgan fingerprint density at radius 3 is 3.05 bits per heavy atom. The van der Waals surface area contributed by atoms with E-state index in [2.05, 4.69) is 9.88 Å². The summed E-state index contributed by atoms with van der Waals surface area (Å²) in [5, 5.41) is 0. The van der Waals surface area contributed by atoms with Crippen LogP contribution in [-0.4, -0.2) is 45.9 Å². The maximum atomic E-state index is 13.8. The largest absolute Gasteiger partial charge is 0.336 e. The fourth-order valence-corrected chi connectivity index (χ4v) is 3.92. The van der Waals surface area contributed by atoms with Crippen molar-refractivity contribution >= 4 is 5.91 Å². The maximum absolute atomic E-state index is 13.8. The van der Waals surface area contributed by atoms with Gasteiger partial charge in [-0.15, -0.1) is 0 Å². The predicted octanol–water partition coefficient (Wildman–Crippen LogP) is 2.20. The third-order valence-corrected chi connectivity index (χ3v) is 4.88. The minimum Gasteiger partial charge on any atom is -0.336 e. The van der Waals surface area contributed by atoms with Crippen molar-refractivity contribution in [3.8, 4) is 0 Å². The number of amides is 1. The van der Waals surface area contributed by atoms with E-state index in [1.54, 1.807) is 12.3 Å². The number of carbonyl (C=O) groups is 1. The predicted molar refractivity (Wildman–Crippen MR) is 78.1 cm³/mol. The van der Waals surface area contributed by atoms with Gasteiger partial charge in [0.05, 0.1) is 11.7 Å². The highest BCUT2D eigenvalue weighted by Crippen LogP contribution is 2.38. The van der Waals surface area contributed by atoms with Gasteiger partial charge in [0.15, 0.2) is 0 Å². The Morgan fingerprint density at radius 1 is 1.43 bits per heavy atom. The van der Waals surface area contributed by atoms with Gasteiger partial charge in [-0.3, -0.25) is 14.7 Å². The number of aromatic nitrogens is 1. The summed E-state index contributed by atoms with van der Waals surface area (Å²) in [6, 6.07) is 1.74. The smallest absolute Gasteiger partial charge is 0.223 e. The van der Waals surface area contributed by atoms with Gasteiger partial charge in [-0.2, -0.15) is 0 Å². The summed E-state index contributed by atoms with van der Waals surface area (Å²) in [6.45, 7) is 5.24. The number of carbonyl (C=O) groups excluding carboxylic acids is 1. The number of pyridine rings is 1. The molecule has 114 valence electrons. The zero-order valence-electron chi connectivity index (χ0n) is 12.5. The van der Waals surface area contributed by atoms with Crippen molar-refractivity contribution in [1.82, 2.24) is 14.8 Å². The Morgan fingerprint density at radius 2 is 2.29 bits per heavy atom. The van der Waals surface area contributed by atoms with Gasteiger partial charge in [-0.05, 0) is 38.8 Å². The Hall–Kier alpha value is -1.49. The molecule has 1 atom stereocenters. The number of halogens is 1. The topological polar surface area (TPSA) is 36.4 Å². The lowest BCUT2D eigenvalue weighted by atomic mass is 9.86. The molecule has 2 saturated heterocycles. The molecular formula is C16H22FN3O. The van der Waals surface area contributed by atoms with Crippen LogP contribution >= 0.6 is 0 Å². The lowest BCUT2D eigenvalue weighted by Gasteiger charge is -2.45. The quantitative estimate of drug-likeness (QED) is 0.856. The summed E-state index contributed by atoms with van der Waals surface area (Å²) in [7, 11) is 0. The summed E-state index contributed by atoms with van der Waals surface area (Å²) < 4.78 is 13.8. The lowest BCUT2D eigenvalue weighted by molar-refractivity contribution is -0.132. The SMILES string of the molecule is CCN1C(=O)CC[C@@]12CCCN(Cc1ccncc1F)C2. The summed E-state index contributed by atoms with van der Waals surface area (Å²) in [5.41, 5.74) is 0.669. The fourth-order valence-electron chi connectivity index (χ4n) is 3.92. The first kappa shape index (κ1) is 14.4. The molecule has 2 fully saturated rings. The molecule has 3 rings (SSSR count). The number of piperidine rings is 1. The standard InChI is InChI=1S/C16H22FN3O/c1-2-20-15(21)4-7-16(20)6-3-9-19(12-16)11-13-5-8-18-10-14(13)17/h5,8,10H,2-4,6-7,9,11-12H2,1H3/t16-/m1/s1. The normalized spacial score (nSPS) is 26.8. The molecule has 5 heteroatoms. The highest BCUT2D eigenvalue weighted by atomic mass is 19.1. The van der Waals surface area contributed by atoms with Crippen molar-refractivity contribution in [2.75, 3.05) is 19.6 Å². The monoisotopic (exact) mass is 291 g/mol. The van der Waals surface area contributed by atoms with E-state index in [4.69, 9.17) is 0 Å². The lowest BCUT2D eigenvalue weighted by Crippen LogP contribution is -2.56. The van der Waals surface area contributed by atoms with Gasteiger partial charge in [0.1, 0.15) is 5.82 Å². The van der Waals surface area contributed by atoms with Gasteiger partial charge >= 0.3 is 0 Å². The number of likely N-dealkylation sites (N-methyl/N-ethyl adjacent to an activating group) is 1. The van der Waals surface area contributed by atoms with Crippen molar-refractivity contribution in [2.24, 2.45) is 0 Å². The summed E-state index contributed by atoms with van der Waals surface area (Å²) >= 11 is 0. The molecule has 0 unspecified atom stereocenters. The second kappa shape index (κ2) is 5.72. The summed E-state index contributed by atoms with van der Waals surface area (Å²) in [4.78, 5) is 20.2. The molecule has 2 aliphatic rings. The average molecular weight is 291 g/mol. The van der Waals surface area contributed by atoms with Gasteiger partial charge in [0, 0.05) is 37.8 Å². The molecule has 1 aromatic rings. The van der Waals surface area contributed by atoms with Crippen LogP contribution < -0.4 is 0 Å². The molecule has 0 aromatic carbocycles. The van der Waals surface area contributed by atoms with Gasteiger partial charge < -0.3 is 4.90 Å². The second-order valence-electron chi connectivity index (χ2n) is 6.14. The first-order chi connectivity index (χ1) is 10.1. The van der Waals surface area contributed by atoms with Crippen molar-refractivity contribution in [3.63, 3.8) is 0 Å². The van der Waals surface area contributed by atoms with Crippen LogP contribution in [0.3, 0.4) is 0 Å². The van der Waals surface area contributed by atoms with Crippen LogP contribution in [0.15, 0.2) is 18.5 Å². The second-order valence-corrected chi connectivity index (χ2v) is 6.14. The third-order valence-electron chi connectivity index (χ3n) is 4.88. The molecule has 21 heavy (non-hydrogen) atoms. The van der Waals surface area contributed by atoms with Crippen LogP contribution in [0.2, 0.25) is 0 Å². The van der Waals surface area contributed by atoms with E-state index < -0.39 is 0 Å². The molecule has 3 heterocycles. The molecule has 1 amide bonds. The first-order valence-electron chi connectivity index (χ1n) is 7.76. The van der Waals surface area contributed by atoms with E-state index in [1.807, 2.05) is 11.8 Å². The van der Waals surface area contributed by atoms with Crippen molar-refractivity contribution in [2.45, 2.75) is 44.7 Å². The average Bonchev–Trinajstić information content (AvgIpc) is 2.77. The Labute approximate surface area is 125 Å². The summed E-state index contributed by atoms with van der Waals surface area (Å²) in [6.07, 6.45) is 6.64.